The molecule has 0 fully saturated rings. The highest BCUT2D eigenvalue weighted by atomic mass is 16.6. The molecule has 0 heterocycles. The summed E-state index contributed by atoms with van der Waals surface area (Å²) in [7, 11) is 0. The molecule has 0 saturated heterocycles. The molecule has 2 heteroatoms. The summed E-state index contributed by atoms with van der Waals surface area (Å²) >= 11 is 0. The van der Waals surface area contributed by atoms with Gasteiger partial charge in [0.2, 0.25) is 0 Å². The molecule has 82 valence electrons. The van der Waals surface area contributed by atoms with Crippen molar-refractivity contribution in [3.05, 3.63) is 12.2 Å². The van der Waals surface area contributed by atoms with E-state index in [1.807, 2.05) is 6.92 Å². The number of rotatable bonds is 6. The minimum atomic E-state index is -0.306. The molecule has 0 aromatic carbocycles. The molecule has 0 amide bonds. The van der Waals surface area contributed by atoms with Gasteiger partial charge in [0, 0.05) is 5.57 Å². The van der Waals surface area contributed by atoms with E-state index in [0.29, 0.717) is 5.57 Å². The van der Waals surface area contributed by atoms with Crippen molar-refractivity contribution < 1.29 is 9.53 Å². The van der Waals surface area contributed by atoms with Gasteiger partial charge in [0.1, 0.15) is 5.60 Å². The zero-order valence-electron chi connectivity index (χ0n) is 9.85. The predicted octanol–water partition coefficient (Wildman–Crippen LogP) is 3.46. The van der Waals surface area contributed by atoms with E-state index in [9.17, 15) is 4.79 Å². The largest absolute Gasteiger partial charge is 0.456 e. The Hall–Kier alpha value is -0.790. The maximum absolute atomic E-state index is 11.4. The minimum absolute atomic E-state index is 0.269. The van der Waals surface area contributed by atoms with Crippen LogP contribution in [0.5, 0.6) is 0 Å². The SMILES string of the molecule is C=C(C)C(=O)OC(C)(CCC)CCC. The quantitative estimate of drug-likeness (QED) is 0.482. The Morgan fingerprint density at radius 3 is 2.00 bits per heavy atom. The topological polar surface area (TPSA) is 26.3 Å². The normalized spacial score (nSPS) is 11.1. The fourth-order valence-corrected chi connectivity index (χ4v) is 1.60. The van der Waals surface area contributed by atoms with E-state index in [-0.39, 0.29) is 11.6 Å². The summed E-state index contributed by atoms with van der Waals surface area (Å²) in [6.45, 7) is 11.5. The zero-order valence-corrected chi connectivity index (χ0v) is 9.85. The van der Waals surface area contributed by atoms with Crippen molar-refractivity contribution in [2.75, 3.05) is 0 Å². The van der Waals surface area contributed by atoms with Gasteiger partial charge in [-0.1, -0.05) is 33.3 Å². The predicted molar refractivity (Wildman–Crippen MR) is 59.1 cm³/mol. The number of hydrogen-bond donors (Lipinski definition) is 0. The summed E-state index contributed by atoms with van der Waals surface area (Å²) in [5.41, 5.74) is 0.169. The van der Waals surface area contributed by atoms with Crippen LogP contribution in [0.4, 0.5) is 0 Å². The zero-order chi connectivity index (χ0) is 11.2. The molecule has 0 saturated carbocycles. The van der Waals surface area contributed by atoms with Gasteiger partial charge in [-0.05, 0) is 26.7 Å². The molecule has 0 spiro atoms. The fraction of sp³-hybridized carbons (Fsp3) is 0.750. The second kappa shape index (κ2) is 5.84. The smallest absolute Gasteiger partial charge is 0.333 e. The molecule has 14 heavy (non-hydrogen) atoms. The molecule has 0 aromatic heterocycles. The maximum atomic E-state index is 11.4. The molecular formula is C12H22O2. The lowest BCUT2D eigenvalue weighted by Gasteiger charge is -2.29. The number of hydrogen-bond acceptors (Lipinski definition) is 2. The van der Waals surface area contributed by atoms with E-state index in [1.54, 1.807) is 6.92 Å². The van der Waals surface area contributed by atoms with Crippen molar-refractivity contribution in [2.45, 2.75) is 59.0 Å². The first-order chi connectivity index (χ1) is 6.45. The van der Waals surface area contributed by atoms with Gasteiger partial charge in [-0.3, -0.25) is 0 Å². The lowest BCUT2D eigenvalue weighted by molar-refractivity contribution is -0.154. The maximum Gasteiger partial charge on any atom is 0.333 e. The Labute approximate surface area is 87.3 Å². The number of esters is 1. The third kappa shape index (κ3) is 4.45. The number of carbonyl (C=O) groups excluding carboxylic acids is 1. The first-order valence-electron chi connectivity index (χ1n) is 5.34. The van der Waals surface area contributed by atoms with Crippen LogP contribution in [0.2, 0.25) is 0 Å². The van der Waals surface area contributed by atoms with Crippen LogP contribution < -0.4 is 0 Å². The highest BCUT2D eigenvalue weighted by molar-refractivity contribution is 5.87. The van der Waals surface area contributed by atoms with Crippen LogP contribution in [0.3, 0.4) is 0 Å². The van der Waals surface area contributed by atoms with Crippen molar-refractivity contribution in [1.82, 2.24) is 0 Å². The average molecular weight is 198 g/mol. The Morgan fingerprint density at radius 1 is 1.29 bits per heavy atom. The van der Waals surface area contributed by atoms with Gasteiger partial charge in [-0.25, -0.2) is 4.79 Å². The molecule has 0 unspecified atom stereocenters. The molecular weight excluding hydrogens is 176 g/mol. The van der Waals surface area contributed by atoms with E-state index in [1.165, 1.54) is 0 Å². The van der Waals surface area contributed by atoms with Crippen molar-refractivity contribution in [3.8, 4) is 0 Å². The van der Waals surface area contributed by atoms with Gasteiger partial charge >= 0.3 is 5.97 Å². The van der Waals surface area contributed by atoms with Crippen LogP contribution in [-0.4, -0.2) is 11.6 Å². The van der Waals surface area contributed by atoms with E-state index >= 15 is 0 Å². The van der Waals surface area contributed by atoms with Crippen molar-refractivity contribution in [1.29, 1.82) is 0 Å². The fourth-order valence-electron chi connectivity index (χ4n) is 1.60. The first-order valence-corrected chi connectivity index (χ1v) is 5.34. The number of carbonyl (C=O) groups is 1. The summed E-state index contributed by atoms with van der Waals surface area (Å²) in [5.74, 6) is -0.269. The Bertz CT molecular complexity index is 200. The van der Waals surface area contributed by atoms with Gasteiger partial charge in [-0.15, -0.1) is 0 Å². The summed E-state index contributed by atoms with van der Waals surface area (Å²) in [4.78, 5) is 11.4. The van der Waals surface area contributed by atoms with Crippen LogP contribution in [0, 0.1) is 0 Å². The number of ether oxygens (including phenoxy) is 1. The molecule has 0 N–H and O–H groups in total. The Morgan fingerprint density at radius 2 is 1.71 bits per heavy atom. The van der Waals surface area contributed by atoms with E-state index in [4.69, 9.17) is 4.74 Å². The standard InChI is InChI=1S/C12H22O2/c1-6-8-12(5,9-7-2)14-11(13)10(3)4/h3,6-9H2,1-2,4-5H3. The Kier molecular flexibility index (Phi) is 5.51. The molecule has 0 bridgehead atoms. The Balaban J connectivity index is 4.35. The molecule has 0 atom stereocenters. The first kappa shape index (κ1) is 13.2. The van der Waals surface area contributed by atoms with Crippen molar-refractivity contribution in [3.63, 3.8) is 0 Å². The summed E-state index contributed by atoms with van der Waals surface area (Å²) < 4.78 is 5.44. The molecule has 0 radical (unpaired) electrons. The highest BCUT2D eigenvalue weighted by Crippen LogP contribution is 2.24. The second-order valence-corrected chi connectivity index (χ2v) is 4.12. The van der Waals surface area contributed by atoms with Gasteiger partial charge in [-0.2, -0.15) is 0 Å². The van der Waals surface area contributed by atoms with Crippen LogP contribution >= 0.6 is 0 Å². The lowest BCUT2D eigenvalue weighted by Crippen LogP contribution is -2.31. The third-order valence-corrected chi connectivity index (χ3v) is 2.25. The van der Waals surface area contributed by atoms with E-state index < -0.39 is 0 Å². The lowest BCUT2D eigenvalue weighted by atomic mass is 9.94. The molecule has 2 nitrogen and oxygen atoms in total. The summed E-state index contributed by atoms with van der Waals surface area (Å²) in [6, 6.07) is 0. The molecule has 0 aliphatic rings. The van der Waals surface area contributed by atoms with Crippen LogP contribution in [0.25, 0.3) is 0 Å². The minimum Gasteiger partial charge on any atom is -0.456 e. The molecule has 0 aliphatic heterocycles. The van der Waals surface area contributed by atoms with Gasteiger partial charge in [0.25, 0.3) is 0 Å². The van der Waals surface area contributed by atoms with Gasteiger partial charge < -0.3 is 4.74 Å². The monoisotopic (exact) mass is 198 g/mol. The second-order valence-electron chi connectivity index (χ2n) is 4.12. The van der Waals surface area contributed by atoms with Crippen LogP contribution in [-0.2, 0) is 9.53 Å². The highest BCUT2D eigenvalue weighted by Gasteiger charge is 2.26. The van der Waals surface area contributed by atoms with Crippen LogP contribution in [0.1, 0.15) is 53.4 Å². The molecule has 0 aliphatic carbocycles. The molecule has 0 rings (SSSR count). The van der Waals surface area contributed by atoms with E-state index in [2.05, 4.69) is 20.4 Å². The average Bonchev–Trinajstić information content (AvgIpc) is 2.04. The third-order valence-electron chi connectivity index (χ3n) is 2.25. The van der Waals surface area contributed by atoms with E-state index in [0.717, 1.165) is 25.7 Å². The van der Waals surface area contributed by atoms with Crippen molar-refractivity contribution >= 4 is 5.97 Å². The van der Waals surface area contributed by atoms with Crippen LogP contribution in [0.15, 0.2) is 12.2 Å². The molecule has 0 aromatic rings. The van der Waals surface area contributed by atoms with Gasteiger partial charge in [0.15, 0.2) is 0 Å². The summed E-state index contributed by atoms with van der Waals surface area (Å²) in [6.07, 6.45) is 3.89. The summed E-state index contributed by atoms with van der Waals surface area (Å²) in [5, 5.41) is 0. The van der Waals surface area contributed by atoms with Gasteiger partial charge in [0.05, 0.1) is 0 Å². The van der Waals surface area contributed by atoms with Crippen molar-refractivity contribution in [2.24, 2.45) is 0 Å².